The van der Waals surface area contributed by atoms with Crippen LogP contribution in [0.4, 0.5) is 31.8 Å². The molecule has 3 aromatic rings. The SMILES string of the molecule is COc1cc(F)c(CNc2cc(Nc3ccc(N4CCCCC4=O)cn3)ncc2C(N)=O)c(F)c1. The molecule has 1 aromatic carbocycles. The van der Waals surface area contributed by atoms with Crippen molar-refractivity contribution in [1.29, 1.82) is 0 Å². The van der Waals surface area contributed by atoms with Gasteiger partial charge < -0.3 is 26.0 Å². The fraction of sp³-hybridized carbons (Fsp3) is 0.250. The average molecular weight is 482 g/mol. The Bertz CT molecular complexity index is 1230. The predicted molar refractivity (Wildman–Crippen MR) is 127 cm³/mol. The molecule has 0 radical (unpaired) electrons. The van der Waals surface area contributed by atoms with Gasteiger partial charge in [-0.25, -0.2) is 18.7 Å². The first-order valence-electron chi connectivity index (χ1n) is 10.9. The molecule has 4 N–H and O–H groups in total. The lowest BCUT2D eigenvalue weighted by Gasteiger charge is -2.26. The molecule has 0 bridgehead atoms. The Balaban J connectivity index is 1.51. The van der Waals surface area contributed by atoms with Gasteiger partial charge in [0.15, 0.2) is 0 Å². The van der Waals surface area contributed by atoms with Gasteiger partial charge in [0.25, 0.3) is 5.91 Å². The van der Waals surface area contributed by atoms with Gasteiger partial charge in [0, 0.05) is 49.5 Å². The number of carbonyl (C=O) groups is 2. The minimum atomic E-state index is -0.793. The first-order chi connectivity index (χ1) is 16.9. The third-order valence-electron chi connectivity index (χ3n) is 5.61. The van der Waals surface area contributed by atoms with E-state index in [0.29, 0.717) is 30.3 Å². The average Bonchev–Trinajstić information content (AvgIpc) is 2.84. The molecule has 0 spiro atoms. The van der Waals surface area contributed by atoms with Crippen molar-refractivity contribution in [1.82, 2.24) is 9.97 Å². The van der Waals surface area contributed by atoms with E-state index in [-0.39, 0.29) is 35.0 Å². The van der Waals surface area contributed by atoms with Crippen molar-refractivity contribution in [3.05, 3.63) is 65.5 Å². The van der Waals surface area contributed by atoms with E-state index in [0.717, 1.165) is 25.0 Å². The molecule has 0 unspecified atom stereocenters. The number of carbonyl (C=O) groups excluding carboxylic acids is 2. The summed E-state index contributed by atoms with van der Waals surface area (Å²) < 4.78 is 33.5. The number of nitrogens with one attached hydrogen (secondary N) is 2. The molecule has 182 valence electrons. The van der Waals surface area contributed by atoms with Gasteiger partial charge in [-0.05, 0) is 25.0 Å². The van der Waals surface area contributed by atoms with Crippen molar-refractivity contribution in [2.45, 2.75) is 25.8 Å². The van der Waals surface area contributed by atoms with E-state index < -0.39 is 17.5 Å². The van der Waals surface area contributed by atoms with Gasteiger partial charge in [0.2, 0.25) is 5.91 Å². The van der Waals surface area contributed by atoms with E-state index in [2.05, 4.69) is 20.6 Å². The van der Waals surface area contributed by atoms with Crippen LogP contribution in [0, 0.1) is 11.6 Å². The molecule has 2 aromatic heterocycles. The van der Waals surface area contributed by atoms with Gasteiger partial charge in [0.1, 0.15) is 29.0 Å². The molecule has 4 rings (SSSR count). The van der Waals surface area contributed by atoms with Crippen LogP contribution in [0.3, 0.4) is 0 Å². The molecule has 11 heteroatoms. The minimum absolute atomic E-state index is 0.0526. The van der Waals surface area contributed by atoms with Crippen LogP contribution in [0.25, 0.3) is 0 Å². The highest BCUT2D eigenvalue weighted by atomic mass is 19.1. The van der Waals surface area contributed by atoms with E-state index >= 15 is 0 Å². The number of methoxy groups -OCH3 is 1. The maximum Gasteiger partial charge on any atom is 0.252 e. The van der Waals surface area contributed by atoms with Gasteiger partial charge >= 0.3 is 0 Å². The molecule has 0 saturated carbocycles. The number of hydrogen-bond donors (Lipinski definition) is 3. The maximum absolute atomic E-state index is 14.3. The number of hydrogen-bond acceptors (Lipinski definition) is 7. The van der Waals surface area contributed by atoms with Crippen LogP contribution in [-0.2, 0) is 11.3 Å². The van der Waals surface area contributed by atoms with Crippen LogP contribution >= 0.6 is 0 Å². The van der Waals surface area contributed by atoms with E-state index in [1.807, 2.05) is 0 Å². The fourth-order valence-corrected chi connectivity index (χ4v) is 3.75. The molecular weight excluding hydrogens is 458 g/mol. The third-order valence-corrected chi connectivity index (χ3v) is 5.61. The Labute approximate surface area is 200 Å². The van der Waals surface area contributed by atoms with E-state index in [1.54, 1.807) is 23.2 Å². The Morgan fingerprint density at radius 2 is 1.86 bits per heavy atom. The first-order valence-corrected chi connectivity index (χ1v) is 10.9. The summed E-state index contributed by atoms with van der Waals surface area (Å²) in [6.07, 6.45) is 5.22. The topological polar surface area (TPSA) is 122 Å². The molecular formula is C24H24F2N6O3. The largest absolute Gasteiger partial charge is 0.497 e. The lowest BCUT2D eigenvalue weighted by Crippen LogP contribution is -2.35. The standard InChI is InChI=1S/C24H24F2N6O3/c1-35-15-8-18(25)16(19(26)9-15)12-28-20-10-22(30-13-17(20)24(27)34)31-21-6-5-14(11-29-21)32-7-3-2-4-23(32)33/h5-6,8-11,13H,2-4,7,12H2,1H3,(H2,27,34)(H2,28,29,30,31). The molecule has 3 heterocycles. The Hall–Kier alpha value is -4.28. The lowest BCUT2D eigenvalue weighted by molar-refractivity contribution is -0.119. The van der Waals surface area contributed by atoms with Crippen LogP contribution in [-0.4, -0.2) is 35.4 Å². The zero-order valence-corrected chi connectivity index (χ0v) is 19.0. The van der Waals surface area contributed by atoms with E-state index in [4.69, 9.17) is 10.5 Å². The molecule has 9 nitrogen and oxygen atoms in total. The number of nitrogens with two attached hydrogens (primary N) is 1. The zero-order valence-electron chi connectivity index (χ0n) is 19.0. The smallest absolute Gasteiger partial charge is 0.252 e. The molecule has 2 amide bonds. The van der Waals surface area contributed by atoms with Gasteiger partial charge in [-0.2, -0.15) is 0 Å². The number of ether oxygens (including phenoxy) is 1. The van der Waals surface area contributed by atoms with Crippen LogP contribution in [0.1, 0.15) is 35.2 Å². The number of benzene rings is 1. The summed E-state index contributed by atoms with van der Waals surface area (Å²) in [5.74, 6) is -1.44. The van der Waals surface area contributed by atoms with Gasteiger partial charge in [0.05, 0.1) is 30.2 Å². The van der Waals surface area contributed by atoms with Crippen molar-refractivity contribution in [2.75, 3.05) is 29.2 Å². The van der Waals surface area contributed by atoms with Crippen LogP contribution < -0.4 is 26.0 Å². The first kappa shape index (κ1) is 23.9. The zero-order chi connectivity index (χ0) is 24.9. The summed E-state index contributed by atoms with van der Waals surface area (Å²) in [4.78, 5) is 34.2. The molecule has 1 fully saturated rings. The summed E-state index contributed by atoms with van der Waals surface area (Å²) >= 11 is 0. The predicted octanol–water partition coefficient (Wildman–Crippen LogP) is 3.73. The lowest BCUT2D eigenvalue weighted by atomic mass is 10.1. The Morgan fingerprint density at radius 3 is 2.49 bits per heavy atom. The molecule has 35 heavy (non-hydrogen) atoms. The van der Waals surface area contributed by atoms with Crippen molar-refractivity contribution < 1.29 is 23.1 Å². The maximum atomic E-state index is 14.3. The van der Waals surface area contributed by atoms with Gasteiger partial charge in [-0.3, -0.25) is 9.59 Å². The highest BCUT2D eigenvalue weighted by molar-refractivity contribution is 5.98. The summed E-state index contributed by atoms with van der Waals surface area (Å²) in [5, 5.41) is 5.85. The van der Waals surface area contributed by atoms with Gasteiger partial charge in [-0.15, -0.1) is 0 Å². The normalized spacial score (nSPS) is 13.5. The minimum Gasteiger partial charge on any atom is -0.497 e. The van der Waals surface area contributed by atoms with Crippen molar-refractivity contribution >= 4 is 34.8 Å². The summed E-state index contributed by atoms with van der Waals surface area (Å²) in [7, 11) is 1.31. The molecule has 0 atom stereocenters. The van der Waals surface area contributed by atoms with Crippen LogP contribution in [0.5, 0.6) is 5.75 Å². The Morgan fingerprint density at radius 1 is 1.11 bits per heavy atom. The number of nitrogens with zero attached hydrogens (tertiary/aromatic N) is 3. The second-order valence-electron chi connectivity index (χ2n) is 7.93. The monoisotopic (exact) mass is 482 g/mol. The quantitative estimate of drug-likeness (QED) is 0.447. The van der Waals surface area contributed by atoms with Crippen molar-refractivity contribution in [2.24, 2.45) is 5.73 Å². The highest BCUT2D eigenvalue weighted by Crippen LogP contribution is 2.26. The second kappa shape index (κ2) is 10.3. The molecule has 1 aliphatic heterocycles. The number of anilines is 4. The number of primary amides is 1. The molecule has 0 aliphatic carbocycles. The van der Waals surface area contributed by atoms with Crippen LogP contribution in [0.15, 0.2) is 42.7 Å². The van der Waals surface area contributed by atoms with Crippen molar-refractivity contribution in [3.8, 4) is 5.75 Å². The number of piperidine rings is 1. The Kier molecular flexibility index (Phi) is 7.04. The summed E-state index contributed by atoms with van der Waals surface area (Å²) in [5.41, 5.74) is 6.21. The van der Waals surface area contributed by atoms with Gasteiger partial charge in [-0.1, -0.05) is 0 Å². The molecule has 1 saturated heterocycles. The van der Waals surface area contributed by atoms with E-state index in [1.165, 1.54) is 19.4 Å². The number of aromatic nitrogens is 2. The van der Waals surface area contributed by atoms with Crippen LogP contribution in [0.2, 0.25) is 0 Å². The number of amides is 2. The second-order valence-corrected chi connectivity index (χ2v) is 7.93. The highest BCUT2D eigenvalue weighted by Gasteiger charge is 2.20. The molecule has 1 aliphatic rings. The number of halogens is 2. The summed E-state index contributed by atoms with van der Waals surface area (Å²) in [6, 6.07) is 7.12. The number of pyridine rings is 2. The fourth-order valence-electron chi connectivity index (χ4n) is 3.75. The third kappa shape index (κ3) is 5.45. The summed E-state index contributed by atoms with van der Waals surface area (Å²) in [6.45, 7) is 0.413. The number of rotatable bonds is 8. The van der Waals surface area contributed by atoms with E-state index in [9.17, 15) is 18.4 Å². The van der Waals surface area contributed by atoms with Crippen molar-refractivity contribution in [3.63, 3.8) is 0 Å².